The van der Waals surface area contributed by atoms with Crippen LogP contribution in [0.4, 0.5) is 17.6 Å². The van der Waals surface area contributed by atoms with Gasteiger partial charge in [-0.05, 0) is 6.54 Å². The number of likely N-dealkylation sites (tertiary alicyclic amines) is 1. The summed E-state index contributed by atoms with van der Waals surface area (Å²) in [6, 6.07) is 0. The predicted molar refractivity (Wildman–Crippen MR) is 43.4 cm³/mol. The van der Waals surface area contributed by atoms with Gasteiger partial charge in [-0.25, -0.2) is 0 Å². The molecule has 0 radical (unpaired) electrons. The minimum Gasteiger partial charge on any atom is -0.291 e. The van der Waals surface area contributed by atoms with Crippen molar-refractivity contribution in [2.75, 3.05) is 19.6 Å². The second kappa shape index (κ2) is 4.26. The van der Waals surface area contributed by atoms with Gasteiger partial charge in [0.2, 0.25) is 0 Å². The van der Waals surface area contributed by atoms with Gasteiger partial charge >= 0.3 is 11.8 Å². The lowest BCUT2D eigenvalue weighted by atomic mass is 10.2. The highest BCUT2D eigenvalue weighted by Crippen LogP contribution is 2.40. The first kappa shape index (κ1) is 12.7. The van der Waals surface area contributed by atoms with E-state index in [-0.39, 0.29) is 6.54 Å². The van der Waals surface area contributed by atoms with Gasteiger partial charge in [-0.1, -0.05) is 20.8 Å². The Bertz CT molecular complexity index is 142. The fourth-order valence-corrected chi connectivity index (χ4v) is 1.07. The summed E-state index contributed by atoms with van der Waals surface area (Å²) in [7, 11) is 0. The van der Waals surface area contributed by atoms with Gasteiger partial charge in [0.15, 0.2) is 0 Å². The first-order valence-electron chi connectivity index (χ1n) is 4.37. The highest BCUT2D eigenvalue weighted by molar-refractivity contribution is 4.96. The zero-order valence-electron chi connectivity index (χ0n) is 8.08. The third-order valence-electron chi connectivity index (χ3n) is 1.83. The second-order valence-corrected chi connectivity index (χ2v) is 2.71. The van der Waals surface area contributed by atoms with Gasteiger partial charge in [-0.15, -0.1) is 0 Å². The molecule has 1 fully saturated rings. The Morgan fingerprint density at radius 1 is 1.00 bits per heavy atom. The Morgan fingerprint density at radius 3 is 1.46 bits per heavy atom. The van der Waals surface area contributed by atoms with Crippen LogP contribution in [0.3, 0.4) is 0 Å². The van der Waals surface area contributed by atoms with Crippen molar-refractivity contribution >= 4 is 0 Å². The van der Waals surface area contributed by atoms with Crippen molar-refractivity contribution in [2.45, 2.75) is 32.6 Å². The van der Waals surface area contributed by atoms with Crippen molar-refractivity contribution in [1.29, 1.82) is 0 Å². The number of halogens is 4. The fraction of sp³-hybridized carbons (Fsp3) is 1.00. The number of alkyl halides is 4. The summed E-state index contributed by atoms with van der Waals surface area (Å²) in [5, 5.41) is 0. The maximum Gasteiger partial charge on any atom is 0.323 e. The van der Waals surface area contributed by atoms with Crippen LogP contribution >= 0.6 is 0 Å². The van der Waals surface area contributed by atoms with E-state index < -0.39 is 24.9 Å². The average Bonchev–Trinajstić information content (AvgIpc) is 2.25. The highest BCUT2D eigenvalue weighted by atomic mass is 19.3. The van der Waals surface area contributed by atoms with Crippen molar-refractivity contribution in [2.24, 2.45) is 0 Å². The van der Waals surface area contributed by atoms with Crippen LogP contribution in [-0.2, 0) is 0 Å². The van der Waals surface area contributed by atoms with Gasteiger partial charge in [0.25, 0.3) is 0 Å². The first-order chi connectivity index (χ1) is 5.89. The molecule has 0 N–H and O–H groups in total. The number of rotatable bonds is 1. The number of hydrogen-bond acceptors (Lipinski definition) is 1. The minimum atomic E-state index is -3.84. The van der Waals surface area contributed by atoms with Crippen LogP contribution in [0.5, 0.6) is 0 Å². The van der Waals surface area contributed by atoms with E-state index in [0.29, 0.717) is 0 Å². The largest absolute Gasteiger partial charge is 0.323 e. The third kappa shape index (κ3) is 2.56. The first-order valence-corrected chi connectivity index (χ1v) is 4.37. The molecule has 13 heavy (non-hydrogen) atoms. The zero-order chi connectivity index (χ0) is 10.7. The molecule has 0 amide bonds. The van der Waals surface area contributed by atoms with Crippen LogP contribution in [0.15, 0.2) is 0 Å². The topological polar surface area (TPSA) is 3.24 Å². The Morgan fingerprint density at radius 2 is 1.31 bits per heavy atom. The minimum absolute atomic E-state index is 0.241. The average molecular weight is 201 g/mol. The lowest BCUT2D eigenvalue weighted by molar-refractivity contribution is -0.172. The van der Waals surface area contributed by atoms with Gasteiger partial charge in [-0.3, -0.25) is 4.90 Å². The third-order valence-corrected chi connectivity index (χ3v) is 1.83. The van der Waals surface area contributed by atoms with E-state index in [2.05, 4.69) is 0 Å². The van der Waals surface area contributed by atoms with E-state index in [1.54, 1.807) is 6.92 Å². The molecule has 1 saturated heterocycles. The molecule has 0 spiro atoms. The molecule has 1 aliphatic rings. The predicted octanol–water partition coefficient (Wildman–Crippen LogP) is 2.62. The molecular formula is C8H15F4N. The molecule has 5 heteroatoms. The molecule has 0 aliphatic carbocycles. The molecule has 0 aromatic rings. The fourth-order valence-electron chi connectivity index (χ4n) is 1.07. The van der Waals surface area contributed by atoms with Crippen molar-refractivity contribution in [1.82, 2.24) is 4.90 Å². The molecule has 0 unspecified atom stereocenters. The van der Waals surface area contributed by atoms with E-state index in [1.165, 1.54) is 0 Å². The quantitative estimate of drug-likeness (QED) is 0.589. The smallest absolute Gasteiger partial charge is 0.291 e. The maximum atomic E-state index is 12.4. The van der Waals surface area contributed by atoms with Crippen LogP contribution in [0.25, 0.3) is 0 Å². The summed E-state index contributed by atoms with van der Waals surface area (Å²) in [5.41, 5.74) is 0. The van der Waals surface area contributed by atoms with E-state index in [0.717, 1.165) is 4.90 Å². The SMILES string of the molecule is CC.CCN1CC(F)(F)C(F)(F)C1. The van der Waals surface area contributed by atoms with E-state index >= 15 is 0 Å². The van der Waals surface area contributed by atoms with Crippen LogP contribution < -0.4 is 0 Å². The van der Waals surface area contributed by atoms with Crippen LogP contribution in [0.2, 0.25) is 0 Å². The van der Waals surface area contributed by atoms with Crippen LogP contribution in [-0.4, -0.2) is 36.4 Å². The summed E-state index contributed by atoms with van der Waals surface area (Å²) >= 11 is 0. The second-order valence-electron chi connectivity index (χ2n) is 2.71. The van der Waals surface area contributed by atoms with Crippen molar-refractivity contribution in [3.05, 3.63) is 0 Å². The maximum absolute atomic E-state index is 12.4. The lowest BCUT2D eigenvalue weighted by Crippen LogP contribution is -2.38. The van der Waals surface area contributed by atoms with Gasteiger partial charge in [0.1, 0.15) is 0 Å². The van der Waals surface area contributed by atoms with Crippen LogP contribution in [0, 0.1) is 0 Å². The van der Waals surface area contributed by atoms with E-state index in [4.69, 9.17) is 0 Å². The molecule has 1 aliphatic heterocycles. The monoisotopic (exact) mass is 201 g/mol. The Kier molecular flexibility index (Phi) is 4.16. The molecule has 1 nitrogen and oxygen atoms in total. The van der Waals surface area contributed by atoms with E-state index in [9.17, 15) is 17.6 Å². The molecule has 0 aromatic carbocycles. The van der Waals surface area contributed by atoms with Gasteiger partial charge in [0.05, 0.1) is 13.1 Å². The summed E-state index contributed by atoms with van der Waals surface area (Å²) in [5.74, 6) is -7.69. The number of hydrogen-bond donors (Lipinski definition) is 0. The van der Waals surface area contributed by atoms with Crippen molar-refractivity contribution in [3.63, 3.8) is 0 Å². The van der Waals surface area contributed by atoms with E-state index in [1.807, 2.05) is 13.8 Å². The summed E-state index contributed by atoms with van der Waals surface area (Å²) in [6.07, 6.45) is 0. The Hall–Kier alpha value is -0.320. The van der Waals surface area contributed by atoms with Gasteiger partial charge < -0.3 is 0 Å². The summed E-state index contributed by atoms with van der Waals surface area (Å²) in [6.45, 7) is 4.18. The summed E-state index contributed by atoms with van der Waals surface area (Å²) in [4.78, 5) is 1.04. The molecule has 0 saturated carbocycles. The molecule has 80 valence electrons. The standard InChI is InChI=1S/C6H9F4N.C2H6/c1-2-11-3-5(7,8)6(9,10)4-11;1-2/h2-4H2,1H3;1-2H3. The lowest BCUT2D eigenvalue weighted by Gasteiger charge is -2.15. The summed E-state index contributed by atoms with van der Waals surface area (Å²) < 4.78 is 49.5. The van der Waals surface area contributed by atoms with Crippen LogP contribution in [0.1, 0.15) is 20.8 Å². The molecule has 1 rings (SSSR count). The zero-order valence-corrected chi connectivity index (χ0v) is 8.08. The van der Waals surface area contributed by atoms with Crippen molar-refractivity contribution in [3.8, 4) is 0 Å². The highest BCUT2D eigenvalue weighted by Gasteiger charge is 2.62. The normalized spacial score (nSPS) is 25.2. The Balaban J connectivity index is 0.000000671. The Labute approximate surface area is 75.7 Å². The van der Waals surface area contributed by atoms with Gasteiger partial charge in [-0.2, -0.15) is 17.6 Å². The van der Waals surface area contributed by atoms with Crippen molar-refractivity contribution < 1.29 is 17.6 Å². The molecule has 0 aromatic heterocycles. The number of nitrogens with zero attached hydrogens (tertiary/aromatic N) is 1. The molecule has 0 bridgehead atoms. The molecular weight excluding hydrogens is 186 g/mol. The van der Waals surface area contributed by atoms with Gasteiger partial charge in [0, 0.05) is 0 Å². The molecule has 0 atom stereocenters. The molecule has 1 heterocycles.